The van der Waals surface area contributed by atoms with Gasteiger partial charge in [0.2, 0.25) is 0 Å². The van der Waals surface area contributed by atoms with Crippen molar-refractivity contribution in [2.24, 2.45) is 0 Å². The Morgan fingerprint density at radius 2 is 1.89 bits per heavy atom. The minimum absolute atomic E-state index is 0.198. The molecule has 1 N–H and O–H groups in total. The molecule has 0 aliphatic heterocycles. The third-order valence-corrected chi connectivity index (χ3v) is 2.66. The van der Waals surface area contributed by atoms with E-state index in [-0.39, 0.29) is 5.82 Å². The number of hydrogen-bond acceptors (Lipinski definition) is 2. The van der Waals surface area contributed by atoms with E-state index < -0.39 is 0 Å². The van der Waals surface area contributed by atoms with E-state index in [1.54, 1.807) is 18.2 Å². The number of nitriles is 1. The molecule has 2 nitrogen and oxygen atoms in total. The third-order valence-electron chi connectivity index (χ3n) is 2.66. The van der Waals surface area contributed by atoms with Crippen molar-refractivity contribution in [1.29, 1.82) is 5.26 Å². The fourth-order valence-corrected chi connectivity index (χ4v) is 1.73. The summed E-state index contributed by atoms with van der Waals surface area (Å²) in [7, 11) is 0. The lowest BCUT2D eigenvalue weighted by atomic mass is 10.1. The molecule has 90 valence electrons. The van der Waals surface area contributed by atoms with Crippen LogP contribution in [0, 0.1) is 17.1 Å². The van der Waals surface area contributed by atoms with Crippen molar-refractivity contribution in [3.8, 4) is 6.07 Å². The Bertz CT molecular complexity index is 573. The zero-order chi connectivity index (χ0) is 12.8. The highest BCUT2D eigenvalue weighted by Crippen LogP contribution is 2.07. The van der Waals surface area contributed by atoms with Crippen molar-refractivity contribution >= 4 is 0 Å². The van der Waals surface area contributed by atoms with Crippen LogP contribution in [0.15, 0.2) is 48.5 Å². The van der Waals surface area contributed by atoms with Gasteiger partial charge in [0.1, 0.15) is 5.82 Å². The highest BCUT2D eigenvalue weighted by molar-refractivity contribution is 5.32. The number of halogens is 1. The number of benzene rings is 2. The Labute approximate surface area is 106 Å². The van der Waals surface area contributed by atoms with Crippen molar-refractivity contribution in [2.75, 3.05) is 0 Å². The average Bonchev–Trinajstić information content (AvgIpc) is 2.41. The van der Waals surface area contributed by atoms with Crippen LogP contribution in [0.4, 0.5) is 4.39 Å². The van der Waals surface area contributed by atoms with Crippen LogP contribution in [0.25, 0.3) is 0 Å². The SMILES string of the molecule is N#Cc1cccc(CNCc2ccccc2F)c1. The molecule has 0 aliphatic carbocycles. The molecule has 0 unspecified atom stereocenters. The molecular weight excluding hydrogens is 227 g/mol. The zero-order valence-corrected chi connectivity index (χ0v) is 9.86. The minimum Gasteiger partial charge on any atom is -0.309 e. The smallest absolute Gasteiger partial charge is 0.127 e. The van der Waals surface area contributed by atoms with Gasteiger partial charge in [0.05, 0.1) is 11.6 Å². The lowest BCUT2D eigenvalue weighted by Crippen LogP contribution is -2.13. The Morgan fingerprint density at radius 1 is 1.06 bits per heavy atom. The van der Waals surface area contributed by atoms with Gasteiger partial charge < -0.3 is 5.32 Å². The Balaban J connectivity index is 1.93. The maximum atomic E-state index is 13.4. The summed E-state index contributed by atoms with van der Waals surface area (Å²) in [4.78, 5) is 0. The maximum Gasteiger partial charge on any atom is 0.127 e. The zero-order valence-electron chi connectivity index (χ0n) is 9.86. The molecule has 2 aromatic carbocycles. The molecule has 2 aromatic rings. The molecule has 0 atom stereocenters. The first-order valence-electron chi connectivity index (χ1n) is 5.73. The molecule has 0 saturated heterocycles. The monoisotopic (exact) mass is 240 g/mol. The molecule has 0 aliphatic rings. The van der Waals surface area contributed by atoms with Gasteiger partial charge in [-0.1, -0.05) is 30.3 Å². The Hall–Kier alpha value is -2.18. The van der Waals surface area contributed by atoms with E-state index in [0.717, 1.165) is 5.56 Å². The largest absolute Gasteiger partial charge is 0.309 e. The van der Waals surface area contributed by atoms with E-state index in [1.807, 2.05) is 24.3 Å². The Morgan fingerprint density at radius 3 is 2.67 bits per heavy atom. The van der Waals surface area contributed by atoms with E-state index in [1.165, 1.54) is 6.07 Å². The van der Waals surface area contributed by atoms with E-state index in [9.17, 15) is 4.39 Å². The van der Waals surface area contributed by atoms with Crippen LogP contribution in [-0.2, 0) is 13.1 Å². The molecule has 0 spiro atoms. The molecule has 0 aromatic heterocycles. The van der Waals surface area contributed by atoms with Gasteiger partial charge in [0, 0.05) is 18.7 Å². The van der Waals surface area contributed by atoms with Gasteiger partial charge in [0.25, 0.3) is 0 Å². The topological polar surface area (TPSA) is 35.8 Å². The third kappa shape index (κ3) is 3.16. The second-order valence-electron chi connectivity index (χ2n) is 4.01. The van der Waals surface area contributed by atoms with Crippen molar-refractivity contribution < 1.29 is 4.39 Å². The summed E-state index contributed by atoms with van der Waals surface area (Å²) >= 11 is 0. The van der Waals surface area contributed by atoms with Crippen molar-refractivity contribution in [3.63, 3.8) is 0 Å². The summed E-state index contributed by atoms with van der Waals surface area (Å²) in [6.07, 6.45) is 0. The van der Waals surface area contributed by atoms with Gasteiger partial charge in [-0.2, -0.15) is 5.26 Å². The summed E-state index contributed by atoms with van der Waals surface area (Å²) < 4.78 is 13.4. The first kappa shape index (κ1) is 12.3. The normalized spacial score (nSPS) is 10.0. The second-order valence-corrected chi connectivity index (χ2v) is 4.01. The molecule has 18 heavy (non-hydrogen) atoms. The summed E-state index contributed by atoms with van der Waals surface area (Å²) in [5.41, 5.74) is 2.31. The van der Waals surface area contributed by atoms with Gasteiger partial charge >= 0.3 is 0 Å². The predicted octanol–water partition coefficient (Wildman–Crippen LogP) is 2.99. The van der Waals surface area contributed by atoms with Gasteiger partial charge in [-0.25, -0.2) is 4.39 Å². The Kier molecular flexibility index (Phi) is 4.06. The van der Waals surface area contributed by atoms with Gasteiger partial charge in [-0.3, -0.25) is 0 Å². The van der Waals surface area contributed by atoms with Crippen LogP contribution >= 0.6 is 0 Å². The van der Waals surface area contributed by atoms with E-state index in [0.29, 0.717) is 24.2 Å². The van der Waals surface area contributed by atoms with Crippen molar-refractivity contribution in [3.05, 3.63) is 71.0 Å². The van der Waals surface area contributed by atoms with Crippen molar-refractivity contribution in [1.82, 2.24) is 5.32 Å². The summed E-state index contributed by atoms with van der Waals surface area (Å²) in [5.74, 6) is -0.198. The predicted molar refractivity (Wildman–Crippen MR) is 68.1 cm³/mol. The lowest BCUT2D eigenvalue weighted by Gasteiger charge is -2.06. The number of hydrogen-bond donors (Lipinski definition) is 1. The fraction of sp³-hybridized carbons (Fsp3) is 0.133. The first-order chi connectivity index (χ1) is 8.79. The van der Waals surface area contributed by atoms with Crippen LogP contribution < -0.4 is 5.32 Å². The van der Waals surface area contributed by atoms with Crippen LogP contribution in [-0.4, -0.2) is 0 Å². The summed E-state index contributed by atoms with van der Waals surface area (Å²) in [6.45, 7) is 1.09. The molecule has 0 bridgehead atoms. The standard InChI is InChI=1S/C15H13FN2/c16-15-7-2-1-6-14(15)11-18-10-13-5-3-4-12(8-13)9-17/h1-8,18H,10-11H2. The second kappa shape index (κ2) is 5.95. The first-order valence-corrected chi connectivity index (χ1v) is 5.73. The quantitative estimate of drug-likeness (QED) is 0.891. The van der Waals surface area contributed by atoms with Crippen LogP contribution in [0.5, 0.6) is 0 Å². The van der Waals surface area contributed by atoms with Crippen molar-refractivity contribution in [2.45, 2.75) is 13.1 Å². The number of nitrogens with zero attached hydrogens (tertiary/aromatic N) is 1. The summed E-state index contributed by atoms with van der Waals surface area (Å²) in [6, 6.07) is 16.2. The van der Waals surface area contributed by atoms with Gasteiger partial charge in [-0.05, 0) is 23.8 Å². The van der Waals surface area contributed by atoms with Crippen LogP contribution in [0.1, 0.15) is 16.7 Å². The average molecular weight is 240 g/mol. The fourth-order valence-electron chi connectivity index (χ4n) is 1.73. The highest BCUT2D eigenvalue weighted by Gasteiger charge is 2.00. The molecule has 3 heteroatoms. The highest BCUT2D eigenvalue weighted by atomic mass is 19.1. The maximum absolute atomic E-state index is 13.4. The summed E-state index contributed by atoms with van der Waals surface area (Å²) in [5, 5.41) is 11.9. The van der Waals surface area contributed by atoms with E-state index in [2.05, 4.69) is 11.4 Å². The number of rotatable bonds is 4. The number of nitrogens with one attached hydrogen (secondary N) is 1. The molecule has 2 rings (SSSR count). The molecule has 0 heterocycles. The van der Waals surface area contributed by atoms with E-state index in [4.69, 9.17) is 5.26 Å². The van der Waals surface area contributed by atoms with Gasteiger partial charge in [-0.15, -0.1) is 0 Å². The molecule has 0 saturated carbocycles. The molecular formula is C15H13FN2. The van der Waals surface area contributed by atoms with E-state index >= 15 is 0 Å². The molecule has 0 radical (unpaired) electrons. The minimum atomic E-state index is -0.198. The molecule has 0 fully saturated rings. The van der Waals surface area contributed by atoms with Crippen LogP contribution in [0.3, 0.4) is 0 Å². The lowest BCUT2D eigenvalue weighted by molar-refractivity contribution is 0.588. The van der Waals surface area contributed by atoms with Gasteiger partial charge in [0.15, 0.2) is 0 Å². The van der Waals surface area contributed by atoms with Crippen LogP contribution in [0.2, 0.25) is 0 Å². The molecule has 0 amide bonds.